The van der Waals surface area contributed by atoms with Crippen LogP contribution in [0.15, 0.2) is 48.5 Å². The summed E-state index contributed by atoms with van der Waals surface area (Å²) >= 11 is 0. The lowest BCUT2D eigenvalue weighted by atomic mass is 9.98. The number of carbonyl (C=O) groups excluding carboxylic acids is 1. The number of halogens is 1. The smallest absolute Gasteiger partial charge is 0.224 e. The normalized spacial score (nSPS) is 15.3. The average Bonchev–Trinajstić information content (AvgIpc) is 2.55. The van der Waals surface area contributed by atoms with Gasteiger partial charge in [-0.15, -0.1) is 0 Å². The summed E-state index contributed by atoms with van der Waals surface area (Å²) in [5.74, 6) is -0.170. The number of hydrogen-bond acceptors (Lipinski definition) is 2. The number of benzene rings is 2. The van der Waals surface area contributed by atoms with Crippen LogP contribution in [-0.4, -0.2) is 17.4 Å². The SMILES string of the molecule is NC(CC(=O)N1CCc2cc(F)ccc2C1)c1ccccc1. The van der Waals surface area contributed by atoms with E-state index in [-0.39, 0.29) is 17.8 Å². The number of nitrogens with zero attached hydrogens (tertiary/aromatic N) is 1. The number of carbonyl (C=O) groups is 1. The van der Waals surface area contributed by atoms with Gasteiger partial charge in [0.05, 0.1) is 0 Å². The van der Waals surface area contributed by atoms with E-state index in [0.29, 0.717) is 25.9 Å². The number of nitrogens with two attached hydrogens (primary N) is 1. The van der Waals surface area contributed by atoms with Gasteiger partial charge in [0.1, 0.15) is 5.82 Å². The maximum Gasteiger partial charge on any atom is 0.224 e. The van der Waals surface area contributed by atoms with Gasteiger partial charge in [0.15, 0.2) is 0 Å². The van der Waals surface area contributed by atoms with Gasteiger partial charge in [-0.25, -0.2) is 4.39 Å². The third-order valence-electron chi connectivity index (χ3n) is 4.16. The molecule has 22 heavy (non-hydrogen) atoms. The van der Waals surface area contributed by atoms with Crippen molar-refractivity contribution < 1.29 is 9.18 Å². The molecule has 1 unspecified atom stereocenters. The first-order valence-electron chi connectivity index (χ1n) is 7.49. The van der Waals surface area contributed by atoms with Crippen molar-refractivity contribution in [2.45, 2.75) is 25.4 Å². The van der Waals surface area contributed by atoms with Crippen molar-refractivity contribution in [3.05, 3.63) is 71.0 Å². The molecule has 2 N–H and O–H groups in total. The van der Waals surface area contributed by atoms with E-state index in [1.54, 1.807) is 12.1 Å². The Labute approximate surface area is 129 Å². The number of amides is 1. The van der Waals surface area contributed by atoms with Crippen molar-refractivity contribution in [1.29, 1.82) is 0 Å². The Bertz CT molecular complexity index is 672. The van der Waals surface area contributed by atoms with E-state index in [1.165, 1.54) is 6.07 Å². The Morgan fingerprint density at radius 2 is 1.95 bits per heavy atom. The number of rotatable bonds is 3. The highest BCUT2D eigenvalue weighted by Crippen LogP contribution is 2.22. The summed E-state index contributed by atoms with van der Waals surface area (Å²) in [5.41, 5.74) is 9.11. The van der Waals surface area contributed by atoms with Gasteiger partial charge in [0.25, 0.3) is 0 Å². The molecule has 2 aromatic rings. The minimum Gasteiger partial charge on any atom is -0.338 e. The number of fused-ring (bicyclic) bond motifs is 1. The van der Waals surface area contributed by atoms with Gasteiger partial charge in [-0.1, -0.05) is 36.4 Å². The van der Waals surface area contributed by atoms with Gasteiger partial charge < -0.3 is 10.6 Å². The third-order valence-corrected chi connectivity index (χ3v) is 4.16. The highest BCUT2D eigenvalue weighted by atomic mass is 19.1. The zero-order valence-corrected chi connectivity index (χ0v) is 12.3. The maximum absolute atomic E-state index is 13.2. The fraction of sp³-hybridized carbons (Fsp3) is 0.278. The van der Waals surface area contributed by atoms with Crippen LogP contribution in [0.25, 0.3) is 0 Å². The molecule has 1 atom stereocenters. The molecule has 1 aliphatic heterocycles. The first kappa shape index (κ1) is 14.7. The highest BCUT2D eigenvalue weighted by molar-refractivity contribution is 5.77. The van der Waals surface area contributed by atoms with Crippen molar-refractivity contribution >= 4 is 5.91 Å². The monoisotopic (exact) mass is 298 g/mol. The summed E-state index contributed by atoms with van der Waals surface area (Å²) in [6.45, 7) is 1.16. The Morgan fingerprint density at radius 3 is 2.73 bits per heavy atom. The predicted molar refractivity (Wildman–Crippen MR) is 83.5 cm³/mol. The summed E-state index contributed by atoms with van der Waals surface area (Å²) in [7, 11) is 0. The largest absolute Gasteiger partial charge is 0.338 e. The van der Waals surface area contributed by atoms with Crippen molar-refractivity contribution in [3.63, 3.8) is 0 Å². The second-order valence-electron chi connectivity index (χ2n) is 5.70. The minimum absolute atomic E-state index is 0.0475. The lowest BCUT2D eigenvalue weighted by Gasteiger charge is -2.29. The van der Waals surface area contributed by atoms with Gasteiger partial charge in [-0.3, -0.25) is 4.79 Å². The Morgan fingerprint density at radius 1 is 1.18 bits per heavy atom. The first-order chi connectivity index (χ1) is 10.6. The summed E-state index contributed by atoms with van der Waals surface area (Å²) in [6.07, 6.45) is 0.986. The van der Waals surface area contributed by atoms with Crippen molar-refractivity contribution in [2.75, 3.05) is 6.54 Å². The summed E-state index contributed by atoms with van der Waals surface area (Å²) in [6, 6.07) is 14.1. The predicted octanol–water partition coefficient (Wildman–Crippen LogP) is 2.80. The third kappa shape index (κ3) is 3.17. The van der Waals surface area contributed by atoms with E-state index in [9.17, 15) is 9.18 Å². The molecule has 2 aromatic carbocycles. The van der Waals surface area contributed by atoms with E-state index in [2.05, 4.69) is 0 Å². The molecule has 1 heterocycles. The molecule has 3 rings (SSSR count). The van der Waals surface area contributed by atoms with Crippen molar-refractivity contribution in [1.82, 2.24) is 4.90 Å². The van der Waals surface area contributed by atoms with Crippen LogP contribution in [0.2, 0.25) is 0 Å². The number of hydrogen-bond donors (Lipinski definition) is 1. The zero-order valence-electron chi connectivity index (χ0n) is 12.3. The average molecular weight is 298 g/mol. The van der Waals surface area contributed by atoms with E-state index in [4.69, 9.17) is 5.73 Å². The molecule has 0 bridgehead atoms. The first-order valence-corrected chi connectivity index (χ1v) is 7.49. The molecular weight excluding hydrogens is 279 g/mol. The lowest BCUT2D eigenvalue weighted by molar-refractivity contribution is -0.132. The van der Waals surface area contributed by atoms with Crippen LogP contribution >= 0.6 is 0 Å². The van der Waals surface area contributed by atoms with Gasteiger partial charge in [-0.05, 0) is 35.2 Å². The van der Waals surface area contributed by atoms with Crippen LogP contribution in [0.1, 0.15) is 29.2 Å². The zero-order chi connectivity index (χ0) is 15.5. The molecule has 0 aromatic heterocycles. The van der Waals surface area contributed by atoms with E-state index < -0.39 is 0 Å². The standard InChI is InChI=1S/C18H19FN2O/c19-16-7-6-15-12-21(9-8-14(15)10-16)18(22)11-17(20)13-4-2-1-3-5-13/h1-7,10,17H,8-9,11-12,20H2. The highest BCUT2D eigenvalue weighted by Gasteiger charge is 2.22. The maximum atomic E-state index is 13.2. The molecule has 0 saturated carbocycles. The van der Waals surface area contributed by atoms with Crippen LogP contribution in [0.4, 0.5) is 4.39 Å². The Balaban J connectivity index is 1.65. The molecule has 0 spiro atoms. The molecular formula is C18H19FN2O. The summed E-state index contributed by atoms with van der Waals surface area (Å²) < 4.78 is 13.2. The molecule has 0 radical (unpaired) electrons. The van der Waals surface area contributed by atoms with Gasteiger partial charge in [0.2, 0.25) is 5.91 Å². The molecule has 3 nitrogen and oxygen atoms in total. The van der Waals surface area contributed by atoms with Gasteiger partial charge in [-0.2, -0.15) is 0 Å². The van der Waals surface area contributed by atoms with Crippen LogP contribution in [0.3, 0.4) is 0 Å². The van der Waals surface area contributed by atoms with E-state index in [0.717, 1.165) is 16.7 Å². The molecule has 1 amide bonds. The fourth-order valence-corrected chi connectivity index (χ4v) is 2.87. The lowest BCUT2D eigenvalue weighted by Crippen LogP contribution is -2.37. The topological polar surface area (TPSA) is 46.3 Å². The molecule has 4 heteroatoms. The second-order valence-corrected chi connectivity index (χ2v) is 5.70. The van der Waals surface area contributed by atoms with Crippen LogP contribution < -0.4 is 5.73 Å². The summed E-state index contributed by atoms with van der Waals surface area (Å²) in [5, 5.41) is 0. The van der Waals surface area contributed by atoms with Gasteiger partial charge >= 0.3 is 0 Å². The molecule has 114 valence electrons. The quantitative estimate of drug-likeness (QED) is 0.947. The Hall–Kier alpha value is -2.20. The molecule has 1 aliphatic rings. The van der Waals surface area contributed by atoms with E-state index >= 15 is 0 Å². The molecule has 0 fully saturated rings. The van der Waals surface area contributed by atoms with Crippen LogP contribution in [-0.2, 0) is 17.8 Å². The fourth-order valence-electron chi connectivity index (χ4n) is 2.87. The summed E-state index contributed by atoms with van der Waals surface area (Å²) in [4.78, 5) is 14.2. The second kappa shape index (κ2) is 6.28. The Kier molecular flexibility index (Phi) is 4.20. The van der Waals surface area contributed by atoms with Crippen LogP contribution in [0.5, 0.6) is 0 Å². The van der Waals surface area contributed by atoms with E-state index in [1.807, 2.05) is 35.2 Å². The van der Waals surface area contributed by atoms with Gasteiger partial charge in [0, 0.05) is 25.6 Å². The molecule has 0 aliphatic carbocycles. The molecule has 0 saturated heterocycles. The van der Waals surface area contributed by atoms with Crippen molar-refractivity contribution in [2.24, 2.45) is 5.73 Å². The van der Waals surface area contributed by atoms with Crippen molar-refractivity contribution in [3.8, 4) is 0 Å². The van der Waals surface area contributed by atoms with Crippen LogP contribution in [0, 0.1) is 5.82 Å². The minimum atomic E-state index is -0.289.